The van der Waals surface area contributed by atoms with E-state index < -0.39 is 5.82 Å². The van der Waals surface area contributed by atoms with Crippen molar-refractivity contribution in [3.63, 3.8) is 0 Å². The van der Waals surface area contributed by atoms with Crippen molar-refractivity contribution in [1.82, 2.24) is 4.90 Å². The minimum absolute atomic E-state index is 0.0215. The molecule has 1 aromatic carbocycles. The summed E-state index contributed by atoms with van der Waals surface area (Å²) in [5.74, 6) is -0.654. The molecule has 5 heteroatoms. The van der Waals surface area contributed by atoms with Gasteiger partial charge < -0.3 is 10.2 Å². The van der Waals surface area contributed by atoms with Crippen LogP contribution in [0.4, 0.5) is 10.1 Å². The zero-order chi connectivity index (χ0) is 16.3. The Labute approximate surface area is 130 Å². The average Bonchev–Trinajstić information content (AvgIpc) is 2.50. The lowest BCUT2D eigenvalue weighted by Crippen LogP contribution is -2.43. The van der Waals surface area contributed by atoms with Crippen LogP contribution in [0.3, 0.4) is 0 Å². The normalized spacial score (nSPS) is 16.0. The van der Waals surface area contributed by atoms with E-state index in [0.717, 1.165) is 5.56 Å². The smallest absolute Gasteiger partial charge is 0.227 e. The van der Waals surface area contributed by atoms with Crippen LogP contribution in [0.25, 0.3) is 0 Å². The largest absolute Gasteiger partial charge is 0.342 e. The molecule has 0 aliphatic carbocycles. The number of piperidine rings is 1. The van der Waals surface area contributed by atoms with Gasteiger partial charge in [0.05, 0.1) is 5.69 Å². The van der Waals surface area contributed by atoms with Gasteiger partial charge in [-0.3, -0.25) is 9.59 Å². The van der Waals surface area contributed by atoms with E-state index in [4.69, 9.17) is 0 Å². The van der Waals surface area contributed by atoms with Crippen molar-refractivity contribution in [2.75, 3.05) is 18.4 Å². The average molecular weight is 306 g/mol. The third-order valence-electron chi connectivity index (χ3n) is 4.05. The summed E-state index contributed by atoms with van der Waals surface area (Å²) in [6.45, 7) is 6.78. The quantitative estimate of drug-likeness (QED) is 0.933. The molecule has 1 aliphatic rings. The van der Waals surface area contributed by atoms with Gasteiger partial charge in [-0.2, -0.15) is 0 Å². The van der Waals surface area contributed by atoms with E-state index >= 15 is 0 Å². The highest BCUT2D eigenvalue weighted by atomic mass is 19.1. The number of anilines is 1. The lowest BCUT2D eigenvalue weighted by Gasteiger charge is -2.32. The van der Waals surface area contributed by atoms with Gasteiger partial charge in [0.1, 0.15) is 5.82 Å². The highest BCUT2D eigenvalue weighted by molar-refractivity contribution is 5.93. The zero-order valence-corrected chi connectivity index (χ0v) is 13.4. The van der Waals surface area contributed by atoms with E-state index in [1.54, 1.807) is 12.1 Å². The van der Waals surface area contributed by atoms with Crippen LogP contribution < -0.4 is 5.32 Å². The van der Waals surface area contributed by atoms with E-state index in [0.29, 0.717) is 25.9 Å². The molecule has 1 fully saturated rings. The summed E-state index contributed by atoms with van der Waals surface area (Å²) in [6.07, 6.45) is 1.25. The molecule has 0 bridgehead atoms. The first-order valence-corrected chi connectivity index (χ1v) is 7.74. The number of benzene rings is 1. The van der Waals surface area contributed by atoms with Gasteiger partial charge in [0.25, 0.3) is 0 Å². The molecule has 0 saturated carbocycles. The number of hydrogen-bond donors (Lipinski definition) is 1. The number of carbonyl (C=O) groups is 2. The standard InChI is InChI=1S/C17H23FN2O2/c1-11(2)17(22)20-8-6-13(7-9-20)16(21)19-15-10-12(3)4-5-14(15)18/h4-5,10-11,13H,6-9H2,1-3H3,(H,19,21). The Kier molecular flexibility index (Phi) is 5.16. The van der Waals surface area contributed by atoms with Gasteiger partial charge in [-0.25, -0.2) is 4.39 Å². The van der Waals surface area contributed by atoms with E-state index in [9.17, 15) is 14.0 Å². The lowest BCUT2D eigenvalue weighted by molar-refractivity contribution is -0.137. The summed E-state index contributed by atoms with van der Waals surface area (Å²) in [5.41, 5.74) is 1.12. The number of halogens is 1. The van der Waals surface area contributed by atoms with Gasteiger partial charge in [-0.1, -0.05) is 19.9 Å². The van der Waals surface area contributed by atoms with Crippen molar-refractivity contribution in [3.8, 4) is 0 Å². The van der Waals surface area contributed by atoms with Gasteiger partial charge in [-0.05, 0) is 37.5 Å². The Hall–Kier alpha value is -1.91. The topological polar surface area (TPSA) is 49.4 Å². The first-order chi connectivity index (χ1) is 10.4. The van der Waals surface area contributed by atoms with E-state index in [1.807, 2.05) is 25.7 Å². The second-order valence-corrected chi connectivity index (χ2v) is 6.23. The van der Waals surface area contributed by atoms with Crippen molar-refractivity contribution in [2.24, 2.45) is 11.8 Å². The van der Waals surface area contributed by atoms with Gasteiger partial charge in [0.15, 0.2) is 0 Å². The zero-order valence-electron chi connectivity index (χ0n) is 13.4. The summed E-state index contributed by atoms with van der Waals surface area (Å²) in [5, 5.41) is 2.67. The van der Waals surface area contributed by atoms with Crippen molar-refractivity contribution in [3.05, 3.63) is 29.6 Å². The number of carbonyl (C=O) groups excluding carboxylic acids is 2. The Morgan fingerprint density at radius 1 is 1.27 bits per heavy atom. The summed E-state index contributed by atoms with van der Waals surface area (Å²) < 4.78 is 13.7. The monoisotopic (exact) mass is 306 g/mol. The summed E-state index contributed by atoms with van der Waals surface area (Å²) in [7, 11) is 0. The predicted molar refractivity (Wildman–Crippen MR) is 83.9 cm³/mol. The maximum Gasteiger partial charge on any atom is 0.227 e. The van der Waals surface area contributed by atoms with Gasteiger partial charge in [0.2, 0.25) is 11.8 Å². The first-order valence-electron chi connectivity index (χ1n) is 7.74. The Bertz CT molecular complexity index is 564. The summed E-state index contributed by atoms with van der Waals surface area (Å²) >= 11 is 0. The number of nitrogens with zero attached hydrogens (tertiary/aromatic N) is 1. The van der Waals surface area contributed by atoms with Crippen LogP contribution in [0.1, 0.15) is 32.3 Å². The number of aryl methyl sites for hydroxylation is 1. The van der Waals surface area contributed by atoms with Crippen LogP contribution in [0.15, 0.2) is 18.2 Å². The number of amides is 2. The molecule has 0 atom stereocenters. The van der Waals surface area contributed by atoms with Crippen molar-refractivity contribution >= 4 is 17.5 Å². The van der Waals surface area contributed by atoms with Crippen LogP contribution in [0.2, 0.25) is 0 Å². The molecular weight excluding hydrogens is 283 g/mol. The van der Waals surface area contributed by atoms with Crippen LogP contribution in [0.5, 0.6) is 0 Å². The first kappa shape index (κ1) is 16.5. The Balaban J connectivity index is 1.93. The summed E-state index contributed by atoms with van der Waals surface area (Å²) in [6, 6.07) is 4.65. The van der Waals surface area contributed by atoms with Gasteiger partial charge in [0, 0.05) is 24.9 Å². The molecule has 1 aliphatic heterocycles. The molecule has 120 valence electrons. The van der Waals surface area contributed by atoms with Crippen molar-refractivity contribution in [2.45, 2.75) is 33.6 Å². The predicted octanol–water partition coefficient (Wildman–Crippen LogP) is 2.97. The minimum atomic E-state index is -0.425. The summed E-state index contributed by atoms with van der Waals surface area (Å²) in [4.78, 5) is 26.0. The molecule has 0 radical (unpaired) electrons. The maximum absolute atomic E-state index is 13.7. The molecule has 1 aromatic rings. The molecule has 2 rings (SSSR count). The fraction of sp³-hybridized carbons (Fsp3) is 0.529. The molecule has 2 amide bonds. The minimum Gasteiger partial charge on any atom is -0.342 e. The number of hydrogen-bond acceptors (Lipinski definition) is 2. The third kappa shape index (κ3) is 3.84. The van der Waals surface area contributed by atoms with Crippen LogP contribution >= 0.6 is 0 Å². The maximum atomic E-state index is 13.7. The number of nitrogens with one attached hydrogen (secondary N) is 1. The fourth-order valence-corrected chi connectivity index (χ4v) is 2.70. The van der Waals surface area contributed by atoms with Crippen LogP contribution in [-0.4, -0.2) is 29.8 Å². The van der Waals surface area contributed by atoms with Crippen LogP contribution in [0, 0.1) is 24.6 Å². The molecular formula is C17H23FN2O2. The Morgan fingerprint density at radius 3 is 2.50 bits per heavy atom. The fourth-order valence-electron chi connectivity index (χ4n) is 2.70. The highest BCUT2D eigenvalue weighted by Crippen LogP contribution is 2.22. The number of rotatable bonds is 3. The highest BCUT2D eigenvalue weighted by Gasteiger charge is 2.28. The molecule has 1 saturated heterocycles. The second-order valence-electron chi connectivity index (χ2n) is 6.23. The van der Waals surface area contributed by atoms with Crippen molar-refractivity contribution in [1.29, 1.82) is 0 Å². The lowest BCUT2D eigenvalue weighted by atomic mass is 9.95. The molecule has 22 heavy (non-hydrogen) atoms. The van der Waals surface area contributed by atoms with Crippen LogP contribution in [-0.2, 0) is 9.59 Å². The van der Waals surface area contributed by atoms with E-state index in [-0.39, 0.29) is 29.3 Å². The van der Waals surface area contributed by atoms with Gasteiger partial charge in [-0.15, -0.1) is 0 Å². The Morgan fingerprint density at radius 2 is 1.91 bits per heavy atom. The van der Waals surface area contributed by atoms with Gasteiger partial charge >= 0.3 is 0 Å². The van der Waals surface area contributed by atoms with Crippen molar-refractivity contribution < 1.29 is 14.0 Å². The molecule has 0 aromatic heterocycles. The molecule has 0 unspecified atom stereocenters. The third-order valence-corrected chi connectivity index (χ3v) is 4.05. The number of likely N-dealkylation sites (tertiary alicyclic amines) is 1. The molecule has 1 heterocycles. The van der Waals surface area contributed by atoms with E-state index in [2.05, 4.69) is 5.32 Å². The molecule has 1 N–H and O–H groups in total. The molecule has 4 nitrogen and oxygen atoms in total. The molecule has 0 spiro atoms. The second kappa shape index (κ2) is 6.90. The van der Waals surface area contributed by atoms with E-state index in [1.165, 1.54) is 6.07 Å². The SMILES string of the molecule is Cc1ccc(F)c(NC(=O)C2CCN(C(=O)C(C)C)CC2)c1.